The van der Waals surface area contributed by atoms with E-state index in [0.717, 1.165) is 5.56 Å². The molecule has 1 aliphatic carbocycles. The normalized spacial score (nSPS) is 36.8. The van der Waals surface area contributed by atoms with Crippen LogP contribution >= 0.6 is 0 Å². The van der Waals surface area contributed by atoms with Crippen LogP contribution in [-0.2, 0) is 29.2 Å². The third-order valence-electron chi connectivity index (χ3n) is 8.42. The van der Waals surface area contributed by atoms with Gasteiger partial charge in [-0.05, 0) is 50.2 Å². The third-order valence-corrected chi connectivity index (χ3v) is 8.42. The lowest BCUT2D eigenvalue weighted by atomic mass is 9.79. The number of hydrogen-bond donors (Lipinski definition) is 1. The van der Waals surface area contributed by atoms with Gasteiger partial charge >= 0.3 is 18.0 Å². The number of fused-ring (bicyclic) bond motifs is 4. The van der Waals surface area contributed by atoms with Gasteiger partial charge in [-0.3, -0.25) is 9.69 Å². The Hall–Kier alpha value is -2.91. The molecule has 8 atom stereocenters. The summed E-state index contributed by atoms with van der Waals surface area (Å²) >= 11 is 0. The van der Waals surface area contributed by atoms with E-state index in [0.29, 0.717) is 17.7 Å². The number of amides is 1. The summed E-state index contributed by atoms with van der Waals surface area (Å²) in [4.78, 5) is 41.8. The lowest BCUT2D eigenvalue weighted by Gasteiger charge is -2.39. The van der Waals surface area contributed by atoms with E-state index in [2.05, 4.69) is 20.8 Å². The molecule has 5 rings (SSSR count). The zero-order chi connectivity index (χ0) is 27.0. The molecule has 0 spiro atoms. The Morgan fingerprint density at radius 2 is 1.76 bits per heavy atom. The summed E-state index contributed by atoms with van der Waals surface area (Å²) in [5, 5.41) is 10.5. The standard InChI is InChI=1S/C28H36N2O7/c1-14-20-18-12-17(25(32)35-18)21(29(6)7)22(23-28(5,37-23)13-19(20)36-24(14)31)30(26(33)34)16-10-8-15(9-11-16)27(2,3)4/h8-12,14,18-23H,13H2,1-7H3,(H,33,34). The monoisotopic (exact) mass is 512 g/mol. The highest BCUT2D eigenvalue weighted by Gasteiger charge is 2.65. The topological polar surface area (TPSA) is 109 Å². The summed E-state index contributed by atoms with van der Waals surface area (Å²) in [6.45, 7) is 10.0. The first kappa shape index (κ1) is 25.7. The van der Waals surface area contributed by atoms with E-state index in [4.69, 9.17) is 14.2 Å². The van der Waals surface area contributed by atoms with E-state index >= 15 is 0 Å². The Bertz CT molecular complexity index is 1150. The van der Waals surface area contributed by atoms with Gasteiger partial charge in [0.15, 0.2) is 0 Å². The molecular formula is C28H36N2O7. The van der Waals surface area contributed by atoms with Crippen molar-refractivity contribution in [3.05, 3.63) is 41.5 Å². The molecule has 2 bridgehead atoms. The molecule has 1 amide bonds. The largest absolute Gasteiger partial charge is 0.465 e. The highest BCUT2D eigenvalue weighted by Crippen LogP contribution is 2.52. The van der Waals surface area contributed by atoms with Crippen LogP contribution in [0.5, 0.6) is 0 Å². The van der Waals surface area contributed by atoms with Crippen molar-refractivity contribution in [2.75, 3.05) is 19.0 Å². The van der Waals surface area contributed by atoms with Crippen molar-refractivity contribution in [1.29, 1.82) is 0 Å². The van der Waals surface area contributed by atoms with Crippen LogP contribution in [-0.4, -0.2) is 78.1 Å². The zero-order valence-corrected chi connectivity index (χ0v) is 22.4. The number of nitrogens with zero attached hydrogens (tertiary/aromatic N) is 2. The van der Waals surface area contributed by atoms with E-state index < -0.39 is 54.0 Å². The molecule has 2 fully saturated rings. The van der Waals surface area contributed by atoms with Gasteiger partial charge in [0.05, 0.1) is 29.2 Å². The highest BCUT2D eigenvalue weighted by atomic mass is 16.6. The quantitative estimate of drug-likeness (QED) is 0.485. The van der Waals surface area contributed by atoms with Crippen LogP contribution in [0.25, 0.3) is 0 Å². The number of hydrogen-bond acceptors (Lipinski definition) is 7. The Balaban J connectivity index is 1.63. The number of anilines is 1. The third kappa shape index (κ3) is 4.22. The first-order valence-electron chi connectivity index (χ1n) is 12.8. The number of ether oxygens (including phenoxy) is 3. The molecule has 1 aromatic rings. The fourth-order valence-electron chi connectivity index (χ4n) is 6.36. The van der Waals surface area contributed by atoms with Crippen molar-refractivity contribution < 1.29 is 33.7 Å². The molecule has 3 heterocycles. The summed E-state index contributed by atoms with van der Waals surface area (Å²) in [6, 6.07) is 6.11. The van der Waals surface area contributed by atoms with Crippen LogP contribution in [0, 0.1) is 11.8 Å². The second-order valence-electron chi connectivity index (χ2n) is 12.2. The first-order chi connectivity index (χ1) is 17.2. The molecule has 2 saturated heterocycles. The van der Waals surface area contributed by atoms with Gasteiger partial charge < -0.3 is 24.2 Å². The SMILES string of the molecule is CC1C(=O)OC2CC3(C)OC3C(N(C(=O)O)c3ccc(C(C)(C)C)cc3)C(N(C)C)C3=CC(OC3=O)C21. The van der Waals surface area contributed by atoms with Crippen molar-refractivity contribution >= 4 is 23.7 Å². The molecule has 8 unspecified atom stereocenters. The van der Waals surface area contributed by atoms with Crippen LogP contribution in [0.15, 0.2) is 35.9 Å². The molecule has 9 nitrogen and oxygen atoms in total. The van der Waals surface area contributed by atoms with Crippen molar-refractivity contribution in [2.45, 2.75) is 82.5 Å². The molecule has 1 N–H and O–H groups in total. The molecule has 3 aliphatic heterocycles. The van der Waals surface area contributed by atoms with E-state index in [9.17, 15) is 19.5 Å². The van der Waals surface area contributed by atoms with Gasteiger partial charge in [0.25, 0.3) is 0 Å². The number of esters is 2. The molecule has 0 aromatic heterocycles. The van der Waals surface area contributed by atoms with Crippen molar-refractivity contribution in [3.63, 3.8) is 0 Å². The maximum Gasteiger partial charge on any atom is 0.412 e. The average molecular weight is 513 g/mol. The van der Waals surface area contributed by atoms with Crippen LogP contribution < -0.4 is 4.90 Å². The fraction of sp³-hybridized carbons (Fsp3) is 0.607. The van der Waals surface area contributed by atoms with Gasteiger partial charge in [-0.25, -0.2) is 9.59 Å². The van der Waals surface area contributed by atoms with E-state index in [-0.39, 0.29) is 17.3 Å². The molecular weight excluding hydrogens is 476 g/mol. The molecule has 0 radical (unpaired) electrons. The summed E-state index contributed by atoms with van der Waals surface area (Å²) < 4.78 is 17.8. The van der Waals surface area contributed by atoms with Gasteiger partial charge in [-0.2, -0.15) is 0 Å². The minimum atomic E-state index is -1.14. The summed E-state index contributed by atoms with van der Waals surface area (Å²) in [5.41, 5.74) is 1.13. The fourth-order valence-corrected chi connectivity index (χ4v) is 6.36. The minimum absolute atomic E-state index is 0.0901. The van der Waals surface area contributed by atoms with Gasteiger partial charge in [0.2, 0.25) is 0 Å². The molecule has 4 aliphatic rings. The molecule has 1 aromatic carbocycles. The highest BCUT2D eigenvalue weighted by molar-refractivity contribution is 5.94. The lowest BCUT2D eigenvalue weighted by Crippen LogP contribution is -2.57. The van der Waals surface area contributed by atoms with Gasteiger partial charge in [0.1, 0.15) is 18.3 Å². The van der Waals surface area contributed by atoms with Crippen molar-refractivity contribution in [2.24, 2.45) is 11.8 Å². The smallest absolute Gasteiger partial charge is 0.412 e. The Labute approximate surface area is 217 Å². The first-order valence-corrected chi connectivity index (χ1v) is 12.8. The number of likely N-dealkylation sites (N-methyl/N-ethyl adjacent to an activating group) is 1. The lowest BCUT2D eigenvalue weighted by molar-refractivity contribution is -0.144. The van der Waals surface area contributed by atoms with E-state index in [1.165, 1.54) is 4.90 Å². The molecule has 9 heteroatoms. The van der Waals surface area contributed by atoms with E-state index in [1.807, 2.05) is 38.1 Å². The minimum Gasteiger partial charge on any atom is -0.465 e. The Morgan fingerprint density at radius 3 is 2.32 bits per heavy atom. The maximum atomic E-state index is 13.3. The number of benzene rings is 1. The van der Waals surface area contributed by atoms with Crippen molar-refractivity contribution in [3.8, 4) is 0 Å². The molecule has 37 heavy (non-hydrogen) atoms. The summed E-state index contributed by atoms with van der Waals surface area (Å²) in [5.74, 6) is -1.57. The second-order valence-corrected chi connectivity index (χ2v) is 12.2. The predicted octanol–water partition coefficient (Wildman–Crippen LogP) is 3.36. The van der Waals surface area contributed by atoms with E-state index in [1.54, 1.807) is 25.1 Å². The van der Waals surface area contributed by atoms with Crippen LogP contribution in [0.3, 0.4) is 0 Å². The van der Waals surface area contributed by atoms with Gasteiger partial charge in [0, 0.05) is 18.0 Å². The van der Waals surface area contributed by atoms with Crippen LogP contribution in [0.1, 0.15) is 46.6 Å². The maximum absolute atomic E-state index is 13.3. The summed E-state index contributed by atoms with van der Waals surface area (Å²) in [6.07, 6.45) is -0.629. The Morgan fingerprint density at radius 1 is 1.11 bits per heavy atom. The molecule has 200 valence electrons. The number of epoxide rings is 1. The van der Waals surface area contributed by atoms with Crippen LogP contribution in [0.2, 0.25) is 0 Å². The zero-order valence-electron chi connectivity index (χ0n) is 22.4. The number of carboxylic acid groups (broad SMARTS) is 1. The van der Waals surface area contributed by atoms with Gasteiger partial charge in [-0.1, -0.05) is 39.8 Å². The number of carbonyl (C=O) groups is 3. The average Bonchev–Trinajstić information content (AvgIpc) is 3.18. The summed E-state index contributed by atoms with van der Waals surface area (Å²) in [7, 11) is 3.64. The van der Waals surface area contributed by atoms with Crippen molar-refractivity contribution in [1.82, 2.24) is 4.90 Å². The molecule has 0 saturated carbocycles. The Kier molecular flexibility index (Phi) is 5.95. The second kappa shape index (κ2) is 8.56. The predicted molar refractivity (Wildman–Crippen MR) is 135 cm³/mol. The number of rotatable bonds is 3. The van der Waals surface area contributed by atoms with Gasteiger partial charge in [-0.15, -0.1) is 0 Å². The van der Waals surface area contributed by atoms with Crippen LogP contribution in [0.4, 0.5) is 10.5 Å². The number of carbonyl (C=O) groups excluding carboxylic acids is 2.